The van der Waals surface area contributed by atoms with Crippen LogP contribution in [0.15, 0.2) is 24.3 Å². The molecule has 1 aromatic carbocycles. The standard InChI is InChI=1S/C34H45F3N2O3Si/c1-20(2)30-29(31(40)22-10-11-24(34(35,36)37)23(16-22)19-38)27(21-12-14-41-15-13-21)28-25(39-30)17-33(6,7)18-26(28)42-43(8,9)32(3,4)5/h10-12,16,20,26,31,40H,13-15,17-18H2,1-9H3/t26-,31-/m0/s1. The molecular weight excluding hydrogens is 569 g/mol. The number of aliphatic hydroxyl groups excluding tert-OH is 1. The minimum atomic E-state index is -4.68. The van der Waals surface area contributed by atoms with Crippen LogP contribution in [0.3, 0.4) is 0 Å². The maximum atomic E-state index is 13.6. The Kier molecular flexibility index (Phi) is 9.14. The highest BCUT2D eigenvalue weighted by atomic mass is 28.4. The average molecular weight is 615 g/mol. The van der Waals surface area contributed by atoms with Gasteiger partial charge < -0.3 is 14.3 Å². The molecule has 4 rings (SSSR count). The lowest BCUT2D eigenvalue weighted by molar-refractivity contribution is -0.137. The largest absolute Gasteiger partial charge is 0.417 e. The molecule has 0 saturated carbocycles. The highest BCUT2D eigenvalue weighted by molar-refractivity contribution is 6.74. The van der Waals surface area contributed by atoms with Gasteiger partial charge in [0.1, 0.15) is 6.10 Å². The lowest BCUT2D eigenvalue weighted by atomic mass is 9.71. The van der Waals surface area contributed by atoms with E-state index in [9.17, 15) is 23.5 Å². The van der Waals surface area contributed by atoms with Crippen molar-refractivity contribution < 1.29 is 27.4 Å². The summed E-state index contributed by atoms with van der Waals surface area (Å²) in [7, 11) is -2.25. The van der Waals surface area contributed by atoms with Crippen molar-refractivity contribution in [3.63, 3.8) is 0 Å². The summed E-state index contributed by atoms with van der Waals surface area (Å²) in [5, 5.41) is 21.6. The fourth-order valence-corrected chi connectivity index (χ4v) is 7.25. The number of benzene rings is 1. The summed E-state index contributed by atoms with van der Waals surface area (Å²) < 4.78 is 53.7. The van der Waals surface area contributed by atoms with Crippen LogP contribution in [0.25, 0.3) is 5.57 Å². The summed E-state index contributed by atoms with van der Waals surface area (Å²) >= 11 is 0. The number of aliphatic hydroxyl groups is 1. The maximum Gasteiger partial charge on any atom is 0.417 e. The Hall–Kier alpha value is -2.51. The number of pyridine rings is 1. The van der Waals surface area contributed by atoms with E-state index in [-0.39, 0.29) is 28.0 Å². The van der Waals surface area contributed by atoms with E-state index in [0.717, 1.165) is 47.4 Å². The second kappa shape index (κ2) is 11.8. The van der Waals surface area contributed by atoms with Crippen LogP contribution in [0.5, 0.6) is 0 Å². The van der Waals surface area contributed by atoms with E-state index in [1.165, 1.54) is 6.07 Å². The van der Waals surface area contributed by atoms with Gasteiger partial charge in [0, 0.05) is 22.5 Å². The van der Waals surface area contributed by atoms with Crippen LogP contribution in [0.2, 0.25) is 18.1 Å². The molecule has 1 aromatic heterocycles. The molecule has 5 nitrogen and oxygen atoms in total. The van der Waals surface area contributed by atoms with Crippen molar-refractivity contribution >= 4 is 13.9 Å². The number of nitriles is 1. The van der Waals surface area contributed by atoms with Gasteiger partial charge in [-0.05, 0) is 77.6 Å². The third-order valence-corrected chi connectivity index (χ3v) is 13.7. The molecular formula is C34H45F3N2O3Si. The Labute approximate surface area is 255 Å². The van der Waals surface area contributed by atoms with E-state index in [1.54, 1.807) is 6.07 Å². The van der Waals surface area contributed by atoms with E-state index >= 15 is 0 Å². The number of halogens is 3. The van der Waals surface area contributed by atoms with Gasteiger partial charge in [0.15, 0.2) is 8.32 Å². The summed E-state index contributed by atoms with van der Waals surface area (Å²) in [6, 6.07) is 5.00. The van der Waals surface area contributed by atoms with Crippen molar-refractivity contribution in [2.24, 2.45) is 5.41 Å². The molecule has 1 aliphatic carbocycles. The van der Waals surface area contributed by atoms with E-state index in [1.807, 2.05) is 19.9 Å². The molecule has 43 heavy (non-hydrogen) atoms. The van der Waals surface area contributed by atoms with Gasteiger partial charge in [-0.3, -0.25) is 4.98 Å². The van der Waals surface area contributed by atoms with Crippen LogP contribution in [-0.2, 0) is 21.8 Å². The average Bonchev–Trinajstić information content (AvgIpc) is 2.89. The number of aromatic nitrogens is 1. The minimum absolute atomic E-state index is 0.0333. The van der Waals surface area contributed by atoms with Gasteiger partial charge in [-0.2, -0.15) is 18.4 Å². The number of alkyl halides is 3. The molecule has 0 fully saturated rings. The number of nitrogens with zero attached hydrogens (tertiary/aromatic N) is 2. The van der Waals surface area contributed by atoms with Crippen molar-refractivity contribution in [3.05, 3.63) is 69.0 Å². The first-order chi connectivity index (χ1) is 19.8. The summed E-state index contributed by atoms with van der Waals surface area (Å²) in [6.07, 6.45) is -2.06. The first kappa shape index (κ1) is 33.4. The van der Waals surface area contributed by atoms with Crippen LogP contribution in [-0.4, -0.2) is 31.6 Å². The quantitative estimate of drug-likeness (QED) is 0.329. The van der Waals surface area contributed by atoms with Gasteiger partial charge in [-0.25, -0.2) is 0 Å². The Balaban J connectivity index is 2.05. The first-order valence-corrected chi connectivity index (χ1v) is 18.0. The monoisotopic (exact) mass is 614 g/mol. The summed E-state index contributed by atoms with van der Waals surface area (Å²) in [6.45, 7) is 20.5. The topological polar surface area (TPSA) is 75.4 Å². The zero-order valence-corrected chi connectivity index (χ0v) is 27.9. The predicted octanol–water partition coefficient (Wildman–Crippen LogP) is 9.02. The number of hydrogen-bond acceptors (Lipinski definition) is 5. The fourth-order valence-electron chi connectivity index (χ4n) is 5.98. The van der Waals surface area contributed by atoms with E-state index in [2.05, 4.69) is 47.7 Å². The molecule has 0 spiro atoms. The molecule has 0 bridgehead atoms. The molecule has 1 N–H and O–H groups in total. The second-order valence-corrected chi connectivity index (χ2v) is 19.3. The van der Waals surface area contributed by atoms with Crippen LogP contribution < -0.4 is 0 Å². The SMILES string of the molecule is CC(C)c1nc2c(c(C3=CCOCC3)c1[C@@H](O)c1ccc(C(F)(F)F)c(C#N)c1)[C@@H](O[Si](C)(C)C(C)(C)C)CC(C)(C)C2. The number of rotatable bonds is 6. The Morgan fingerprint density at radius 3 is 2.40 bits per heavy atom. The van der Waals surface area contributed by atoms with Gasteiger partial charge in [-0.1, -0.05) is 60.6 Å². The van der Waals surface area contributed by atoms with Crippen molar-refractivity contribution in [3.8, 4) is 6.07 Å². The summed E-state index contributed by atoms with van der Waals surface area (Å²) in [5.41, 5.74) is 3.72. The lowest BCUT2D eigenvalue weighted by Crippen LogP contribution is -2.44. The summed E-state index contributed by atoms with van der Waals surface area (Å²) in [4.78, 5) is 5.22. The minimum Gasteiger partial charge on any atom is -0.410 e. The molecule has 2 heterocycles. The molecule has 2 aromatic rings. The molecule has 0 amide bonds. The predicted molar refractivity (Wildman–Crippen MR) is 165 cm³/mol. The van der Waals surface area contributed by atoms with Crippen LogP contribution >= 0.6 is 0 Å². The molecule has 2 atom stereocenters. The molecule has 234 valence electrons. The zero-order valence-electron chi connectivity index (χ0n) is 26.9. The van der Waals surface area contributed by atoms with Gasteiger partial charge in [0.25, 0.3) is 0 Å². The van der Waals surface area contributed by atoms with E-state index in [4.69, 9.17) is 14.1 Å². The van der Waals surface area contributed by atoms with Gasteiger partial charge >= 0.3 is 6.18 Å². The van der Waals surface area contributed by atoms with Gasteiger partial charge in [-0.15, -0.1) is 0 Å². The highest BCUT2D eigenvalue weighted by Gasteiger charge is 2.45. The third-order valence-electron chi connectivity index (χ3n) is 9.22. The lowest BCUT2D eigenvalue weighted by Gasteiger charge is -2.45. The third kappa shape index (κ3) is 6.78. The molecule has 0 radical (unpaired) electrons. The van der Waals surface area contributed by atoms with E-state index < -0.39 is 31.7 Å². The smallest absolute Gasteiger partial charge is 0.410 e. The van der Waals surface area contributed by atoms with Crippen molar-refractivity contribution in [2.75, 3.05) is 13.2 Å². The number of fused-ring (bicyclic) bond motifs is 1. The molecule has 1 aliphatic heterocycles. The number of ether oxygens (including phenoxy) is 1. The molecule has 0 unspecified atom stereocenters. The van der Waals surface area contributed by atoms with Crippen LogP contribution in [0.4, 0.5) is 13.2 Å². The molecule has 0 saturated heterocycles. The zero-order chi connectivity index (χ0) is 32.1. The Bertz CT molecular complexity index is 1450. The molecule has 2 aliphatic rings. The first-order valence-electron chi connectivity index (χ1n) is 15.1. The van der Waals surface area contributed by atoms with Crippen LogP contribution in [0.1, 0.15) is 124 Å². The Morgan fingerprint density at radius 1 is 1.19 bits per heavy atom. The highest BCUT2D eigenvalue weighted by Crippen LogP contribution is 2.51. The van der Waals surface area contributed by atoms with Crippen LogP contribution in [0, 0.1) is 16.7 Å². The van der Waals surface area contributed by atoms with Crippen molar-refractivity contribution in [1.82, 2.24) is 4.98 Å². The maximum absolute atomic E-state index is 13.6. The summed E-state index contributed by atoms with van der Waals surface area (Å²) in [5.74, 6) is -0.0798. The molecule has 9 heteroatoms. The van der Waals surface area contributed by atoms with E-state index in [0.29, 0.717) is 30.9 Å². The van der Waals surface area contributed by atoms with Crippen molar-refractivity contribution in [1.29, 1.82) is 5.26 Å². The normalized spacial score (nSPS) is 19.9. The fraction of sp³-hybridized carbons (Fsp3) is 0.588. The van der Waals surface area contributed by atoms with Crippen molar-refractivity contribution in [2.45, 2.75) is 110 Å². The van der Waals surface area contributed by atoms with Gasteiger partial charge in [0.2, 0.25) is 0 Å². The number of hydrogen-bond donors (Lipinski definition) is 1. The van der Waals surface area contributed by atoms with Gasteiger partial charge in [0.05, 0.1) is 36.5 Å². The second-order valence-electron chi connectivity index (χ2n) is 14.6. The Morgan fingerprint density at radius 2 is 1.86 bits per heavy atom.